The number of carbonyl (C=O) groups excluding carboxylic acids is 1. The second kappa shape index (κ2) is 6.38. The minimum Gasteiger partial charge on any atom is -0.492 e. The van der Waals surface area contributed by atoms with Crippen LogP contribution in [0.4, 0.5) is 4.39 Å². The fourth-order valence-electron chi connectivity index (χ4n) is 1.64. The lowest BCUT2D eigenvalue weighted by Gasteiger charge is -2.15. The highest BCUT2D eigenvalue weighted by atomic mass is 19.1. The van der Waals surface area contributed by atoms with Crippen LogP contribution in [0.25, 0.3) is 0 Å². The van der Waals surface area contributed by atoms with Crippen molar-refractivity contribution in [1.29, 1.82) is 0 Å². The fourth-order valence-corrected chi connectivity index (χ4v) is 1.64. The normalized spacial score (nSPS) is 10.6. The summed E-state index contributed by atoms with van der Waals surface area (Å²) in [5.74, 6) is 0.307. The number of ketones is 1. The van der Waals surface area contributed by atoms with Gasteiger partial charge in [-0.05, 0) is 25.0 Å². The first-order valence-electron chi connectivity index (χ1n) is 6.01. The van der Waals surface area contributed by atoms with E-state index in [1.54, 1.807) is 0 Å². The van der Waals surface area contributed by atoms with Gasteiger partial charge in [0, 0.05) is 6.07 Å². The average molecular weight is 238 g/mol. The number of halogens is 1. The first-order chi connectivity index (χ1) is 8.08. The smallest absolute Gasteiger partial charge is 0.163 e. The summed E-state index contributed by atoms with van der Waals surface area (Å²) in [6.07, 6.45) is 2.03. The van der Waals surface area contributed by atoms with Crippen molar-refractivity contribution >= 4 is 5.78 Å². The molecule has 0 aliphatic carbocycles. The van der Waals surface area contributed by atoms with Crippen molar-refractivity contribution in [3.05, 3.63) is 29.6 Å². The van der Waals surface area contributed by atoms with E-state index in [9.17, 15) is 9.18 Å². The topological polar surface area (TPSA) is 26.3 Å². The molecule has 3 heteroatoms. The Balaban J connectivity index is 2.81. The van der Waals surface area contributed by atoms with Crippen LogP contribution in [0.3, 0.4) is 0 Å². The molecule has 17 heavy (non-hydrogen) atoms. The lowest BCUT2D eigenvalue weighted by Crippen LogP contribution is -2.12. The quantitative estimate of drug-likeness (QED) is 0.704. The van der Waals surface area contributed by atoms with Crippen LogP contribution in [0.5, 0.6) is 5.75 Å². The van der Waals surface area contributed by atoms with Gasteiger partial charge in [0.1, 0.15) is 11.6 Å². The van der Waals surface area contributed by atoms with Crippen molar-refractivity contribution in [2.45, 2.75) is 33.6 Å². The monoisotopic (exact) mass is 238 g/mol. The summed E-state index contributed by atoms with van der Waals surface area (Å²) < 4.78 is 18.7. The van der Waals surface area contributed by atoms with E-state index in [0.717, 1.165) is 12.8 Å². The minimum absolute atomic E-state index is 0.107. The molecule has 0 atom stereocenters. The van der Waals surface area contributed by atoms with Crippen molar-refractivity contribution in [2.24, 2.45) is 5.92 Å². The van der Waals surface area contributed by atoms with E-state index < -0.39 is 0 Å². The summed E-state index contributed by atoms with van der Waals surface area (Å²) in [6.45, 7) is 6.16. The first-order valence-corrected chi connectivity index (χ1v) is 6.01. The van der Waals surface area contributed by atoms with Crippen molar-refractivity contribution in [1.82, 2.24) is 0 Å². The van der Waals surface area contributed by atoms with Gasteiger partial charge in [0.25, 0.3) is 0 Å². The number of rotatable bonds is 6. The highest BCUT2D eigenvalue weighted by Crippen LogP contribution is 2.22. The number of ether oxygens (including phenoxy) is 1. The molecule has 0 heterocycles. The molecule has 0 unspecified atom stereocenters. The minimum atomic E-state index is -0.380. The SMILES string of the molecule is CCC(CC)COc1cc(F)ccc1C(C)=O. The summed E-state index contributed by atoms with van der Waals surface area (Å²) >= 11 is 0. The van der Waals surface area contributed by atoms with Crippen molar-refractivity contribution in [2.75, 3.05) is 6.61 Å². The number of hydrogen-bond acceptors (Lipinski definition) is 2. The van der Waals surface area contributed by atoms with Crippen LogP contribution < -0.4 is 4.74 Å². The number of benzene rings is 1. The van der Waals surface area contributed by atoms with Crippen LogP contribution in [-0.4, -0.2) is 12.4 Å². The van der Waals surface area contributed by atoms with Gasteiger partial charge in [0.15, 0.2) is 5.78 Å². The summed E-state index contributed by atoms with van der Waals surface area (Å²) in [6, 6.07) is 4.03. The Morgan fingerprint density at radius 3 is 2.53 bits per heavy atom. The third-order valence-electron chi connectivity index (χ3n) is 2.95. The molecule has 0 saturated heterocycles. The summed E-state index contributed by atoms with van der Waals surface area (Å²) in [4.78, 5) is 11.4. The van der Waals surface area contributed by atoms with Gasteiger partial charge >= 0.3 is 0 Å². The fraction of sp³-hybridized carbons (Fsp3) is 0.500. The van der Waals surface area contributed by atoms with Gasteiger partial charge in [-0.15, -0.1) is 0 Å². The second-order valence-corrected chi connectivity index (χ2v) is 4.19. The number of hydrogen-bond donors (Lipinski definition) is 0. The summed E-state index contributed by atoms with van der Waals surface area (Å²) in [5, 5.41) is 0. The molecule has 0 aromatic heterocycles. The van der Waals surface area contributed by atoms with E-state index in [1.165, 1.54) is 25.1 Å². The highest BCUT2D eigenvalue weighted by Gasteiger charge is 2.11. The van der Waals surface area contributed by atoms with Crippen LogP contribution in [0, 0.1) is 11.7 Å². The molecule has 0 bridgehead atoms. The first kappa shape index (κ1) is 13.7. The Labute approximate surface area is 102 Å². The Hall–Kier alpha value is -1.38. The molecule has 1 rings (SSSR count). The van der Waals surface area contributed by atoms with Gasteiger partial charge in [-0.1, -0.05) is 26.7 Å². The molecule has 2 nitrogen and oxygen atoms in total. The Kier molecular flexibility index (Phi) is 5.13. The van der Waals surface area contributed by atoms with Gasteiger partial charge in [0.2, 0.25) is 0 Å². The molecule has 94 valence electrons. The zero-order valence-corrected chi connectivity index (χ0v) is 10.6. The maximum Gasteiger partial charge on any atom is 0.163 e. The average Bonchev–Trinajstić information content (AvgIpc) is 2.30. The lowest BCUT2D eigenvalue weighted by atomic mass is 10.1. The Morgan fingerprint density at radius 2 is 2.00 bits per heavy atom. The summed E-state index contributed by atoms with van der Waals surface area (Å²) in [5.41, 5.74) is 0.442. The largest absolute Gasteiger partial charge is 0.492 e. The standard InChI is InChI=1S/C14H19FO2/c1-4-11(5-2)9-17-14-8-12(15)6-7-13(14)10(3)16/h6-8,11H,4-5,9H2,1-3H3. The molecule has 0 aliphatic heterocycles. The van der Waals surface area contributed by atoms with Crippen molar-refractivity contribution in [3.8, 4) is 5.75 Å². The zero-order chi connectivity index (χ0) is 12.8. The molecular formula is C14H19FO2. The van der Waals surface area contributed by atoms with Crippen molar-refractivity contribution < 1.29 is 13.9 Å². The van der Waals surface area contributed by atoms with Crippen LogP contribution in [0.1, 0.15) is 44.0 Å². The van der Waals surface area contributed by atoms with E-state index in [0.29, 0.717) is 23.8 Å². The lowest BCUT2D eigenvalue weighted by molar-refractivity contribution is 0.101. The van der Waals surface area contributed by atoms with Crippen LogP contribution in [0.15, 0.2) is 18.2 Å². The van der Waals surface area contributed by atoms with Crippen LogP contribution in [0.2, 0.25) is 0 Å². The number of Topliss-reactive ketones (excluding diaryl/α,β-unsaturated/α-hetero) is 1. The predicted molar refractivity (Wildman–Crippen MR) is 66.0 cm³/mol. The predicted octanol–water partition coefficient (Wildman–Crippen LogP) is 3.84. The van der Waals surface area contributed by atoms with Gasteiger partial charge in [-0.3, -0.25) is 4.79 Å². The van der Waals surface area contributed by atoms with Gasteiger partial charge in [-0.25, -0.2) is 4.39 Å². The molecule has 0 aliphatic rings. The second-order valence-electron chi connectivity index (χ2n) is 4.19. The zero-order valence-electron chi connectivity index (χ0n) is 10.6. The van der Waals surface area contributed by atoms with E-state index in [2.05, 4.69) is 13.8 Å². The molecule has 0 fully saturated rings. The summed E-state index contributed by atoms with van der Waals surface area (Å²) in [7, 11) is 0. The van der Waals surface area contributed by atoms with E-state index >= 15 is 0 Å². The molecular weight excluding hydrogens is 219 g/mol. The molecule has 0 radical (unpaired) electrons. The highest BCUT2D eigenvalue weighted by molar-refractivity contribution is 5.96. The van der Waals surface area contributed by atoms with E-state index in [4.69, 9.17) is 4.74 Å². The third kappa shape index (κ3) is 3.84. The van der Waals surface area contributed by atoms with Crippen LogP contribution in [-0.2, 0) is 0 Å². The maximum atomic E-state index is 13.1. The molecule has 0 amide bonds. The van der Waals surface area contributed by atoms with Crippen LogP contribution >= 0.6 is 0 Å². The Morgan fingerprint density at radius 1 is 1.35 bits per heavy atom. The maximum absolute atomic E-state index is 13.1. The number of carbonyl (C=O) groups is 1. The van der Waals surface area contributed by atoms with E-state index in [1.807, 2.05) is 0 Å². The third-order valence-corrected chi connectivity index (χ3v) is 2.95. The van der Waals surface area contributed by atoms with Crippen molar-refractivity contribution in [3.63, 3.8) is 0 Å². The molecule has 0 N–H and O–H groups in total. The van der Waals surface area contributed by atoms with E-state index in [-0.39, 0.29) is 11.6 Å². The molecule has 0 spiro atoms. The van der Waals surface area contributed by atoms with Gasteiger partial charge in [0.05, 0.1) is 12.2 Å². The molecule has 1 aromatic rings. The molecule has 0 saturated carbocycles. The molecule has 1 aromatic carbocycles. The van der Waals surface area contributed by atoms with Gasteiger partial charge < -0.3 is 4.74 Å². The Bertz CT molecular complexity index is 384. The van der Waals surface area contributed by atoms with Gasteiger partial charge in [-0.2, -0.15) is 0 Å².